The van der Waals surface area contributed by atoms with Crippen molar-refractivity contribution in [1.82, 2.24) is 0 Å². The zero-order chi connectivity index (χ0) is 17.0. The van der Waals surface area contributed by atoms with Crippen LogP contribution in [0.2, 0.25) is 0 Å². The van der Waals surface area contributed by atoms with Crippen LogP contribution in [-0.2, 0) is 0 Å². The molecule has 1 aliphatic rings. The van der Waals surface area contributed by atoms with E-state index in [1.165, 1.54) is 20.8 Å². The normalized spacial score (nSPS) is 30.0. The Morgan fingerprint density at radius 3 is 1.81 bits per heavy atom. The van der Waals surface area contributed by atoms with Crippen LogP contribution in [0.15, 0.2) is 22.3 Å². The Bertz CT molecular complexity index is 502. The van der Waals surface area contributed by atoms with Crippen LogP contribution in [0.5, 0.6) is 0 Å². The lowest BCUT2D eigenvalue weighted by Gasteiger charge is -2.46. The van der Waals surface area contributed by atoms with Crippen molar-refractivity contribution >= 4 is 0 Å². The molecule has 0 amide bonds. The molecule has 0 aromatic heterocycles. The molecule has 3 atom stereocenters. The van der Waals surface area contributed by atoms with E-state index in [-0.39, 0.29) is 11.1 Å². The topological polar surface area (TPSA) is 20.2 Å². The van der Waals surface area contributed by atoms with Gasteiger partial charge in [-0.15, -0.1) is 0 Å². The van der Waals surface area contributed by atoms with Gasteiger partial charge in [0.2, 0.25) is 0 Å². The van der Waals surface area contributed by atoms with Gasteiger partial charge in [-0.25, -0.2) is 4.39 Å². The lowest BCUT2D eigenvalue weighted by molar-refractivity contribution is -0.292. The van der Waals surface area contributed by atoms with E-state index >= 15 is 0 Å². The molecule has 0 radical (unpaired) electrons. The van der Waals surface area contributed by atoms with E-state index in [0.717, 1.165) is 6.92 Å². The molecule has 1 aliphatic carbocycles. The summed E-state index contributed by atoms with van der Waals surface area (Å²) < 4.78 is 78.9. The Balaban J connectivity index is 3.53. The molecule has 0 heterocycles. The highest BCUT2D eigenvalue weighted by Gasteiger charge is 2.69. The van der Waals surface area contributed by atoms with Crippen LogP contribution in [0.3, 0.4) is 0 Å². The molecule has 0 saturated heterocycles. The summed E-state index contributed by atoms with van der Waals surface area (Å²) in [6, 6.07) is 0. The second kappa shape index (κ2) is 5.04. The van der Waals surface area contributed by atoms with Crippen LogP contribution >= 0.6 is 0 Å². The molecule has 1 N–H and O–H groups in total. The van der Waals surface area contributed by atoms with Gasteiger partial charge in [0.1, 0.15) is 0 Å². The lowest BCUT2D eigenvalue weighted by Crippen LogP contribution is -2.62. The average molecular weight is 316 g/mol. The molecule has 0 spiro atoms. The predicted octanol–water partition coefficient (Wildman–Crippen LogP) is 4.58. The fourth-order valence-electron chi connectivity index (χ4n) is 2.76. The number of allylic oxidation sites excluding steroid dienone is 2. The standard InChI is InChI=1S/C14H18F6O/c1-6-7(2)9(4)12(21,10(5)8(6)3)13(16,17)11(15)14(18,19)20/h9,11,21H,1-5H3. The first-order valence-corrected chi connectivity index (χ1v) is 6.37. The van der Waals surface area contributed by atoms with Crippen LogP contribution in [0.4, 0.5) is 26.3 Å². The third kappa shape index (κ3) is 2.39. The summed E-state index contributed by atoms with van der Waals surface area (Å²) >= 11 is 0. The Kier molecular flexibility index (Phi) is 4.33. The SMILES string of the molecule is CC1=C(C)C(C)C(O)(C(F)(F)C(F)C(F)(F)F)C(C)=C1C. The Hall–Kier alpha value is -0.980. The summed E-state index contributed by atoms with van der Waals surface area (Å²) in [5, 5.41) is 10.3. The Morgan fingerprint density at radius 1 is 1.00 bits per heavy atom. The van der Waals surface area contributed by atoms with E-state index in [1.807, 2.05) is 0 Å². The van der Waals surface area contributed by atoms with Crippen LogP contribution in [-0.4, -0.2) is 29.0 Å². The van der Waals surface area contributed by atoms with Crippen molar-refractivity contribution in [1.29, 1.82) is 0 Å². The maximum atomic E-state index is 14.2. The van der Waals surface area contributed by atoms with Gasteiger partial charge in [-0.05, 0) is 44.4 Å². The van der Waals surface area contributed by atoms with Gasteiger partial charge in [-0.2, -0.15) is 22.0 Å². The summed E-state index contributed by atoms with van der Waals surface area (Å²) in [4.78, 5) is 0. The molecule has 0 bridgehead atoms. The smallest absolute Gasteiger partial charge is 0.378 e. The minimum Gasteiger partial charge on any atom is -0.378 e. The maximum Gasteiger partial charge on any atom is 0.425 e. The van der Waals surface area contributed by atoms with Crippen LogP contribution in [0.1, 0.15) is 34.6 Å². The third-order valence-electron chi connectivity index (χ3n) is 4.68. The molecule has 122 valence electrons. The molecule has 21 heavy (non-hydrogen) atoms. The van der Waals surface area contributed by atoms with E-state index in [2.05, 4.69) is 0 Å². The number of halogens is 6. The van der Waals surface area contributed by atoms with Gasteiger partial charge in [0.25, 0.3) is 6.17 Å². The van der Waals surface area contributed by atoms with Gasteiger partial charge in [0.15, 0.2) is 5.60 Å². The fraction of sp³-hybridized carbons (Fsp3) is 0.714. The lowest BCUT2D eigenvalue weighted by atomic mass is 9.66. The fourth-order valence-corrected chi connectivity index (χ4v) is 2.76. The van der Waals surface area contributed by atoms with Crippen molar-refractivity contribution in [2.75, 3.05) is 0 Å². The molecule has 3 unspecified atom stereocenters. The molecule has 7 heteroatoms. The van der Waals surface area contributed by atoms with E-state index in [4.69, 9.17) is 0 Å². The Labute approximate surface area is 119 Å². The van der Waals surface area contributed by atoms with Crippen LogP contribution in [0, 0.1) is 5.92 Å². The number of aliphatic hydroxyl groups is 1. The zero-order valence-corrected chi connectivity index (χ0v) is 12.4. The highest BCUT2D eigenvalue weighted by molar-refractivity contribution is 5.47. The van der Waals surface area contributed by atoms with Gasteiger partial charge in [-0.1, -0.05) is 12.5 Å². The molecule has 0 aromatic rings. The number of hydrogen-bond donors (Lipinski definition) is 1. The summed E-state index contributed by atoms with van der Waals surface area (Å²) in [5.74, 6) is -6.32. The van der Waals surface area contributed by atoms with Crippen LogP contribution < -0.4 is 0 Å². The van der Waals surface area contributed by atoms with Gasteiger partial charge >= 0.3 is 12.1 Å². The van der Waals surface area contributed by atoms with Crippen molar-refractivity contribution < 1.29 is 31.4 Å². The van der Waals surface area contributed by atoms with Crippen LogP contribution in [0.25, 0.3) is 0 Å². The largest absolute Gasteiger partial charge is 0.425 e. The van der Waals surface area contributed by atoms with Gasteiger partial charge in [0.05, 0.1) is 0 Å². The second-order valence-electron chi connectivity index (χ2n) is 5.57. The molecule has 0 aromatic carbocycles. The number of hydrogen-bond acceptors (Lipinski definition) is 1. The second-order valence-corrected chi connectivity index (χ2v) is 5.57. The average Bonchev–Trinajstić information content (AvgIpc) is 2.38. The minimum absolute atomic E-state index is 0.252. The molecular formula is C14H18F6O. The first kappa shape index (κ1) is 18.1. The van der Waals surface area contributed by atoms with Crippen molar-refractivity contribution in [3.05, 3.63) is 22.3 Å². The maximum absolute atomic E-state index is 14.2. The Morgan fingerprint density at radius 2 is 1.43 bits per heavy atom. The molecular weight excluding hydrogens is 298 g/mol. The molecule has 0 fully saturated rings. The molecule has 1 nitrogen and oxygen atoms in total. The van der Waals surface area contributed by atoms with Crippen molar-refractivity contribution in [2.24, 2.45) is 5.92 Å². The predicted molar refractivity (Wildman–Crippen MR) is 66.8 cm³/mol. The third-order valence-corrected chi connectivity index (χ3v) is 4.68. The number of rotatable bonds is 2. The van der Waals surface area contributed by atoms with E-state index in [0.29, 0.717) is 11.1 Å². The van der Waals surface area contributed by atoms with Crippen molar-refractivity contribution in [3.63, 3.8) is 0 Å². The minimum atomic E-state index is -5.75. The summed E-state index contributed by atoms with van der Waals surface area (Å²) in [6.45, 7) is 6.77. The molecule has 1 rings (SSSR count). The summed E-state index contributed by atoms with van der Waals surface area (Å²) in [7, 11) is 0. The number of alkyl halides is 6. The van der Waals surface area contributed by atoms with Gasteiger partial charge in [0, 0.05) is 5.92 Å². The summed E-state index contributed by atoms with van der Waals surface area (Å²) in [5.41, 5.74) is -2.37. The van der Waals surface area contributed by atoms with Gasteiger partial charge < -0.3 is 5.11 Å². The first-order valence-electron chi connectivity index (χ1n) is 6.37. The van der Waals surface area contributed by atoms with Gasteiger partial charge in [-0.3, -0.25) is 0 Å². The molecule has 0 saturated carbocycles. The van der Waals surface area contributed by atoms with E-state index in [1.54, 1.807) is 6.92 Å². The first-order chi connectivity index (χ1) is 9.20. The highest BCUT2D eigenvalue weighted by Crippen LogP contribution is 2.53. The van der Waals surface area contributed by atoms with Crippen molar-refractivity contribution in [3.8, 4) is 0 Å². The van der Waals surface area contributed by atoms with E-state index < -0.39 is 29.8 Å². The molecule has 0 aliphatic heterocycles. The quantitative estimate of drug-likeness (QED) is 0.740. The zero-order valence-electron chi connectivity index (χ0n) is 12.4. The monoisotopic (exact) mass is 316 g/mol. The van der Waals surface area contributed by atoms with Crippen molar-refractivity contribution in [2.45, 2.75) is 58.5 Å². The van der Waals surface area contributed by atoms with E-state index in [9.17, 15) is 31.4 Å². The highest BCUT2D eigenvalue weighted by atomic mass is 19.4. The summed E-state index contributed by atoms with van der Waals surface area (Å²) in [6.07, 6.45) is -10.2.